The standard InChI is InChI=1S/C54H33NO2/c1-3-13-43-35(9-1)19-20-40-31-38(24-28-44(40)43)34-21-26-41(27-22-34)55(49-16-8-18-52-53(49)47-29-23-36-10-2-4-14-45(36)54(47)57-52)42-12-7-11-37(32-42)39-25-30-51-48(33-39)46-15-5-6-17-50(46)56-51/h1-33H. The zero-order chi connectivity index (χ0) is 37.5. The highest BCUT2D eigenvalue weighted by atomic mass is 16.3. The van der Waals surface area contributed by atoms with E-state index in [9.17, 15) is 0 Å². The van der Waals surface area contributed by atoms with Gasteiger partial charge in [0.15, 0.2) is 0 Å². The molecule has 3 nitrogen and oxygen atoms in total. The second kappa shape index (κ2) is 12.5. The van der Waals surface area contributed by atoms with Crippen molar-refractivity contribution in [2.45, 2.75) is 0 Å². The van der Waals surface area contributed by atoms with Crippen LogP contribution in [0.25, 0.3) is 98.4 Å². The molecular weight excluding hydrogens is 695 g/mol. The van der Waals surface area contributed by atoms with E-state index in [-0.39, 0.29) is 0 Å². The van der Waals surface area contributed by atoms with Gasteiger partial charge in [-0.2, -0.15) is 0 Å². The van der Waals surface area contributed by atoms with E-state index < -0.39 is 0 Å². The molecule has 0 saturated carbocycles. The first-order valence-electron chi connectivity index (χ1n) is 19.4. The molecule has 0 atom stereocenters. The molecule has 266 valence electrons. The van der Waals surface area contributed by atoms with Crippen LogP contribution >= 0.6 is 0 Å². The average molecular weight is 728 g/mol. The molecule has 12 rings (SSSR count). The predicted octanol–water partition coefficient (Wildman–Crippen LogP) is 15.7. The van der Waals surface area contributed by atoms with Gasteiger partial charge in [-0.1, -0.05) is 133 Å². The van der Waals surface area contributed by atoms with Crippen molar-refractivity contribution in [1.82, 2.24) is 0 Å². The van der Waals surface area contributed by atoms with E-state index in [4.69, 9.17) is 8.83 Å². The van der Waals surface area contributed by atoms with Crippen LogP contribution in [0.4, 0.5) is 17.1 Å². The Hall–Kier alpha value is -7.62. The third kappa shape index (κ3) is 5.06. The van der Waals surface area contributed by atoms with Crippen molar-refractivity contribution in [1.29, 1.82) is 0 Å². The fourth-order valence-corrected chi connectivity index (χ4v) is 8.87. The molecule has 12 aromatic rings. The first kappa shape index (κ1) is 31.7. The number of rotatable bonds is 5. The van der Waals surface area contributed by atoms with Crippen molar-refractivity contribution in [3.63, 3.8) is 0 Å². The molecule has 0 fully saturated rings. The number of fused-ring (bicyclic) bond motifs is 11. The Balaban J connectivity index is 1.03. The topological polar surface area (TPSA) is 29.5 Å². The number of para-hydroxylation sites is 1. The van der Waals surface area contributed by atoms with Crippen LogP contribution in [0.3, 0.4) is 0 Å². The van der Waals surface area contributed by atoms with E-state index in [1.54, 1.807) is 0 Å². The van der Waals surface area contributed by atoms with Crippen molar-refractivity contribution in [3.8, 4) is 22.3 Å². The van der Waals surface area contributed by atoms with Crippen LogP contribution in [0.2, 0.25) is 0 Å². The summed E-state index contributed by atoms with van der Waals surface area (Å²) < 4.78 is 12.9. The smallest absolute Gasteiger partial charge is 0.143 e. The van der Waals surface area contributed by atoms with Crippen molar-refractivity contribution >= 4 is 93.3 Å². The Morgan fingerprint density at radius 3 is 1.81 bits per heavy atom. The minimum atomic E-state index is 0.859. The van der Waals surface area contributed by atoms with Crippen LogP contribution in [0.1, 0.15) is 0 Å². The molecule has 2 aromatic heterocycles. The van der Waals surface area contributed by atoms with E-state index in [2.05, 4.69) is 193 Å². The van der Waals surface area contributed by atoms with Crippen molar-refractivity contribution in [2.24, 2.45) is 0 Å². The molecule has 0 aliphatic rings. The molecule has 0 amide bonds. The van der Waals surface area contributed by atoms with Crippen LogP contribution in [0.5, 0.6) is 0 Å². The lowest BCUT2D eigenvalue weighted by atomic mass is 9.97. The largest absolute Gasteiger partial charge is 0.456 e. The second-order valence-corrected chi connectivity index (χ2v) is 14.9. The molecule has 0 spiro atoms. The minimum Gasteiger partial charge on any atom is -0.456 e. The number of nitrogens with zero attached hydrogens (tertiary/aromatic N) is 1. The molecule has 0 saturated heterocycles. The lowest BCUT2D eigenvalue weighted by Crippen LogP contribution is -2.10. The zero-order valence-corrected chi connectivity index (χ0v) is 30.8. The van der Waals surface area contributed by atoms with Gasteiger partial charge in [0.25, 0.3) is 0 Å². The summed E-state index contributed by atoms with van der Waals surface area (Å²) in [6.45, 7) is 0. The molecule has 57 heavy (non-hydrogen) atoms. The molecule has 2 heterocycles. The van der Waals surface area contributed by atoms with E-state index in [1.165, 1.54) is 32.7 Å². The number of anilines is 3. The Labute approximate surface area is 328 Å². The SMILES string of the molecule is c1cc(-c2ccc3oc4ccccc4c3c2)cc(N(c2ccc(-c3ccc4c(ccc5ccccc54)c3)cc2)c2cccc3oc4c5ccccc5ccc4c23)c1. The van der Waals surface area contributed by atoms with Crippen LogP contribution in [-0.2, 0) is 0 Å². The van der Waals surface area contributed by atoms with E-state index in [0.29, 0.717) is 0 Å². The van der Waals surface area contributed by atoms with Crippen molar-refractivity contribution < 1.29 is 8.83 Å². The molecule has 0 aliphatic heterocycles. The van der Waals surface area contributed by atoms with E-state index in [1.807, 2.05) is 12.1 Å². The predicted molar refractivity (Wildman–Crippen MR) is 239 cm³/mol. The normalized spacial score (nSPS) is 11.9. The third-order valence-corrected chi connectivity index (χ3v) is 11.6. The zero-order valence-electron chi connectivity index (χ0n) is 30.8. The summed E-state index contributed by atoms with van der Waals surface area (Å²) in [7, 11) is 0. The average Bonchev–Trinajstić information content (AvgIpc) is 3.86. The number of benzene rings is 10. The highest BCUT2D eigenvalue weighted by molar-refractivity contribution is 6.19. The van der Waals surface area contributed by atoms with Gasteiger partial charge < -0.3 is 13.7 Å². The summed E-state index contributed by atoms with van der Waals surface area (Å²) in [6.07, 6.45) is 0. The quantitative estimate of drug-likeness (QED) is 0.165. The highest BCUT2D eigenvalue weighted by Gasteiger charge is 2.21. The molecule has 3 heteroatoms. The fourth-order valence-electron chi connectivity index (χ4n) is 8.87. The molecular formula is C54H33NO2. The summed E-state index contributed by atoms with van der Waals surface area (Å²) in [5, 5.41) is 11.7. The van der Waals surface area contributed by atoms with Gasteiger partial charge in [0, 0.05) is 32.9 Å². The van der Waals surface area contributed by atoms with Gasteiger partial charge in [-0.3, -0.25) is 0 Å². The van der Waals surface area contributed by atoms with Gasteiger partial charge in [0.1, 0.15) is 22.3 Å². The molecule has 0 bridgehead atoms. The second-order valence-electron chi connectivity index (χ2n) is 14.9. The Kier molecular flexibility index (Phi) is 6.93. The van der Waals surface area contributed by atoms with E-state index in [0.717, 1.165) is 82.8 Å². The van der Waals surface area contributed by atoms with Gasteiger partial charge in [-0.15, -0.1) is 0 Å². The first-order chi connectivity index (χ1) is 28.2. The molecule has 0 N–H and O–H groups in total. The number of hydrogen-bond acceptors (Lipinski definition) is 3. The molecule has 0 unspecified atom stereocenters. The molecule has 10 aromatic carbocycles. The minimum absolute atomic E-state index is 0.859. The Morgan fingerprint density at radius 2 is 0.912 bits per heavy atom. The van der Waals surface area contributed by atoms with Crippen LogP contribution < -0.4 is 4.90 Å². The van der Waals surface area contributed by atoms with Crippen molar-refractivity contribution in [3.05, 3.63) is 200 Å². The summed E-state index contributed by atoms with van der Waals surface area (Å²) in [6, 6.07) is 71.7. The fraction of sp³-hybridized carbons (Fsp3) is 0. The van der Waals surface area contributed by atoms with Crippen LogP contribution in [0, 0.1) is 0 Å². The van der Waals surface area contributed by atoms with Gasteiger partial charge in [0.05, 0.1) is 11.1 Å². The maximum absolute atomic E-state index is 6.69. The summed E-state index contributed by atoms with van der Waals surface area (Å²) in [4.78, 5) is 2.37. The maximum atomic E-state index is 6.69. The monoisotopic (exact) mass is 727 g/mol. The summed E-state index contributed by atoms with van der Waals surface area (Å²) in [5.74, 6) is 0. The summed E-state index contributed by atoms with van der Waals surface area (Å²) in [5.41, 5.74) is 11.3. The van der Waals surface area contributed by atoms with Gasteiger partial charge in [-0.05, 0) is 116 Å². The number of furan rings is 2. The van der Waals surface area contributed by atoms with Gasteiger partial charge in [-0.25, -0.2) is 0 Å². The van der Waals surface area contributed by atoms with Gasteiger partial charge >= 0.3 is 0 Å². The first-order valence-corrected chi connectivity index (χ1v) is 19.4. The van der Waals surface area contributed by atoms with Gasteiger partial charge in [0.2, 0.25) is 0 Å². The summed E-state index contributed by atoms with van der Waals surface area (Å²) >= 11 is 0. The number of hydrogen-bond donors (Lipinski definition) is 0. The van der Waals surface area contributed by atoms with Crippen molar-refractivity contribution in [2.75, 3.05) is 4.90 Å². The Bertz CT molecular complexity index is 3530. The van der Waals surface area contributed by atoms with E-state index >= 15 is 0 Å². The van der Waals surface area contributed by atoms with Crippen LogP contribution in [0.15, 0.2) is 209 Å². The highest BCUT2D eigenvalue weighted by Crippen LogP contribution is 2.45. The lowest BCUT2D eigenvalue weighted by Gasteiger charge is -2.27. The lowest BCUT2D eigenvalue weighted by molar-refractivity contribution is 0.669. The molecule has 0 aliphatic carbocycles. The molecule has 0 radical (unpaired) electrons. The third-order valence-electron chi connectivity index (χ3n) is 11.6. The van der Waals surface area contributed by atoms with Crippen LogP contribution in [-0.4, -0.2) is 0 Å². The maximum Gasteiger partial charge on any atom is 0.143 e. The Morgan fingerprint density at radius 1 is 0.298 bits per heavy atom.